The van der Waals surface area contributed by atoms with Crippen molar-refractivity contribution >= 4 is 22.4 Å². The Balaban J connectivity index is 1.83. The summed E-state index contributed by atoms with van der Waals surface area (Å²) in [5.41, 5.74) is 1.02. The highest BCUT2D eigenvalue weighted by Crippen LogP contribution is 2.21. The van der Waals surface area contributed by atoms with Crippen molar-refractivity contribution in [3.63, 3.8) is 0 Å². The number of nitrogens with one attached hydrogen (secondary N) is 1. The number of aryl methyl sites for hydroxylation is 1. The molecule has 18 heavy (non-hydrogen) atoms. The third-order valence-electron chi connectivity index (χ3n) is 2.54. The van der Waals surface area contributed by atoms with Gasteiger partial charge in [-0.1, -0.05) is 13.8 Å². The van der Waals surface area contributed by atoms with Crippen LogP contribution in [0.4, 0.5) is 5.13 Å². The van der Waals surface area contributed by atoms with Crippen molar-refractivity contribution in [1.29, 1.82) is 0 Å². The second kappa shape index (κ2) is 5.82. The van der Waals surface area contributed by atoms with Gasteiger partial charge < -0.3 is 9.73 Å². The van der Waals surface area contributed by atoms with Crippen LogP contribution in [-0.2, 0) is 11.2 Å². The summed E-state index contributed by atoms with van der Waals surface area (Å²) >= 11 is 1.46. The summed E-state index contributed by atoms with van der Waals surface area (Å²) in [6.07, 6.45) is 2.63. The maximum absolute atomic E-state index is 11.7. The Bertz CT molecular complexity index is 503. The van der Waals surface area contributed by atoms with Crippen molar-refractivity contribution < 1.29 is 9.21 Å². The predicted octanol–water partition coefficient (Wildman–Crippen LogP) is 3.43. The Labute approximate surface area is 110 Å². The van der Waals surface area contributed by atoms with Gasteiger partial charge in [0.2, 0.25) is 5.91 Å². The van der Waals surface area contributed by atoms with Gasteiger partial charge >= 0.3 is 0 Å². The van der Waals surface area contributed by atoms with Gasteiger partial charge in [-0.3, -0.25) is 4.79 Å². The molecule has 2 heterocycles. The van der Waals surface area contributed by atoms with Crippen molar-refractivity contribution in [1.82, 2.24) is 4.98 Å². The summed E-state index contributed by atoms with van der Waals surface area (Å²) in [4.78, 5) is 16.1. The molecular formula is C13H16N2O2S. The lowest BCUT2D eigenvalue weighted by atomic mass is 10.2. The number of hydrogen-bond donors (Lipinski definition) is 1. The van der Waals surface area contributed by atoms with Crippen LogP contribution in [-0.4, -0.2) is 10.9 Å². The fraction of sp³-hybridized carbons (Fsp3) is 0.385. The van der Waals surface area contributed by atoms with E-state index in [9.17, 15) is 4.79 Å². The van der Waals surface area contributed by atoms with Gasteiger partial charge in [0.15, 0.2) is 5.13 Å². The van der Waals surface area contributed by atoms with E-state index in [0.717, 1.165) is 11.5 Å². The largest absolute Gasteiger partial charge is 0.469 e. The molecule has 0 fully saturated rings. The molecule has 2 aromatic rings. The van der Waals surface area contributed by atoms with Crippen LogP contribution in [0.3, 0.4) is 0 Å². The number of carbonyl (C=O) groups is 1. The molecule has 2 aromatic heterocycles. The standard InChI is InChI=1S/C13H16N2O2S/c1-9(2)11-8-18-13(14-11)15-12(16)6-5-10-4-3-7-17-10/h3-4,7-9H,5-6H2,1-2H3,(H,14,15,16). The van der Waals surface area contributed by atoms with E-state index >= 15 is 0 Å². The van der Waals surface area contributed by atoms with Gasteiger partial charge in [0.05, 0.1) is 12.0 Å². The monoisotopic (exact) mass is 264 g/mol. The first-order chi connectivity index (χ1) is 8.65. The molecule has 5 heteroatoms. The molecule has 2 rings (SSSR count). The van der Waals surface area contributed by atoms with Gasteiger partial charge in [0.25, 0.3) is 0 Å². The minimum absolute atomic E-state index is 0.0314. The van der Waals surface area contributed by atoms with Gasteiger partial charge in [0, 0.05) is 18.2 Å². The van der Waals surface area contributed by atoms with E-state index in [1.807, 2.05) is 17.5 Å². The Kier molecular flexibility index (Phi) is 4.15. The van der Waals surface area contributed by atoms with E-state index in [4.69, 9.17) is 4.42 Å². The fourth-order valence-electron chi connectivity index (χ4n) is 1.48. The van der Waals surface area contributed by atoms with Crippen LogP contribution in [0.25, 0.3) is 0 Å². The summed E-state index contributed by atoms with van der Waals surface area (Å²) in [5.74, 6) is 1.18. The van der Waals surface area contributed by atoms with Crippen LogP contribution in [0.2, 0.25) is 0 Å². The molecule has 1 N–H and O–H groups in total. The topological polar surface area (TPSA) is 55.1 Å². The van der Waals surface area contributed by atoms with Gasteiger partial charge in [0.1, 0.15) is 5.76 Å². The number of amides is 1. The summed E-state index contributed by atoms with van der Waals surface area (Å²) < 4.78 is 5.18. The highest BCUT2D eigenvalue weighted by Gasteiger charge is 2.09. The Morgan fingerprint density at radius 1 is 1.56 bits per heavy atom. The zero-order valence-corrected chi connectivity index (χ0v) is 11.3. The zero-order valence-electron chi connectivity index (χ0n) is 10.5. The van der Waals surface area contributed by atoms with Gasteiger partial charge in [-0.25, -0.2) is 4.98 Å². The molecular weight excluding hydrogens is 248 g/mol. The van der Waals surface area contributed by atoms with E-state index < -0.39 is 0 Å². The summed E-state index contributed by atoms with van der Waals surface area (Å²) in [6.45, 7) is 4.16. The third-order valence-corrected chi connectivity index (χ3v) is 3.31. The number of rotatable bonds is 5. The Hall–Kier alpha value is -1.62. The third kappa shape index (κ3) is 3.43. The average molecular weight is 264 g/mol. The number of nitrogens with zero attached hydrogens (tertiary/aromatic N) is 1. The molecule has 0 aromatic carbocycles. The molecule has 0 aliphatic heterocycles. The molecule has 0 unspecified atom stereocenters. The molecule has 96 valence electrons. The molecule has 0 aliphatic carbocycles. The Morgan fingerprint density at radius 3 is 3.00 bits per heavy atom. The quantitative estimate of drug-likeness (QED) is 0.900. The number of hydrogen-bond acceptors (Lipinski definition) is 4. The molecule has 0 saturated heterocycles. The van der Waals surface area contributed by atoms with E-state index in [2.05, 4.69) is 24.1 Å². The van der Waals surface area contributed by atoms with Crippen molar-refractivity contribution in [2.75, 3.05) is 5.32 Å². The highest BCUT2D eigenvalue weighted by molar-refractivity contribution is 7.13. The fourth-order valence-corrected chi connectivity index (χ4v) is 2.37. The second-order valence-corrected chi connectivity index (χ2v) is 5.22. The first kappa shape index (κ1) is 12.8. The highest BCUT2D eigenvalue weighted by atomic mass is 32.1. The lowest BCUT2D eigenvalue weighted by molar-refractivity contribution is -0.116. The summed E-state index contributed by atoms with van der Waals surface area (Å²) in [7, 11) is 0. The average Bonchev–Trinajstić information content (AvgIpc) is 2.96. The van der Waals surface area contributed by atoms with E-state index in [1.165, 1.54) is 11.3 Å². The number of aromatic nitrogens is 1. The van der Waals surface area contributed by atoms with E-state index in [1.54, 1.807) is 6.26 Å². The van der Waals surface area contributed by atoms with Gasteiger partial charge in [-0.2, -0.15) is 0 Å². The van der Waals surface area contributed by atoms with E-state index in [-0.39, 0.29) is 5.91 Å². The lowest BCUT2D eigenvalue weighted by Crippen LogP contribution is -2.12. The number of furan rings is 1. The van der Waals surface area contributed by atoms with Crippen molar-refractivity contribution in [2.45, 2.75) is 32.6 Å². The maximum atomic E-state index is 11.7. The van der Waals surface area contributed by atoms with Gasteiger partial charge in [-0.15, -0.1) is 11.3 Å². The molecule has 0 atom stereocenters. The van der Waals surface area contributed by atoms with Crippen LogP contribution in [0.15, 0.2) is 28.2 Å². The molecule has 0 aliphatic rings. The van der Waals surface area contributed by atoms with Gasteiger partial charge in [-0.05, 0) is 18.1 Å². The summed E-state index contributed by atoms with van der Waals surface area (Å²) in [6, 6.07) is 3.69. The molecule has 4 nitrogen and oxygen atoms in total. The molecule has 0 radical (unpaired) electrons. The number of anilines is 1. The number of thiazole rings is 1. The minimum atomic E-state index is -0.0314. The Morgan fingerprint density at radius 2 is 2.39 bits per heavy atom. The smallest absolute Gasteiger partial charge is 0.226 e. The SMILES string of the molecule is CC(C)c1csc(NC(=O)CCc2ccco2)n1. The lowest BCUT2D eigenvalue weighted by Gasteiger charge is -2.00. The molecule has 0 saturated carbocycles. The second-order valence-electron chi connectivity index (χ2n) is 4.36. The van der Waals surface area contributed by atoms with E-state index in [0.29, 0.717) is 23.9 Å². The van der Waals surface area contributed by atoms with Crippen molar-refractivity contribution in [3.8, 4) is 0 Å². The zero-order chi connectivity index (χ0) is 13.0. The first-order valence-corrected chi connectivity index (χ1v) is 6.81. The van der Waals surface area contributed by atoms with Crippen LogP contribution in [0.1, 0.15) is 37.6 Å². The van der Waals surface area contributed by atoms with Crippen molar-refractivity contribution in [3.05, 3.63) is 35.2 Å². The maximum Gasteiger partial charge on any atom is 0.226 e. The predicted molar refractivity (Wildman–Crippen MR) is 71.9 cm³/mol. The molecule has 1 amide bonds. The molecule has 0 bridgehead atoms. The summed E-state index contributed by atoms with van der Waals surface area (Å²) in [5, 5.41) is 5.45. The van der Waals surface area contributed by atoms with Crippen LogP contribution < -0.4 is 5.32 Å². The van der Waals surface area contributed by atoms with Crippen molar-refractivity contribution in [2.24, 2.45) is 0 Å². The van der Waals surface area contributed by atoms with Crippen LogP contribution in [0.5, 0.6) is 0 Å². The van der Waals surface area contributed by atoms with Crippen LogP contribution in [0, 0.1) is 0 Å². The number of carbonyl (C=O) groups excluding carboxylic acids is 1. The minimum Gasteiger partial charge on any atom is -0.469 e. The normalized spacial score (nSPS) is 10.8. The van der Waals surface area contributed by atoms with Crippen LogP contribution >= 0.6 is 11.3 Å². The first-order valence-electron chi connectivity index (χ1n) is 5.93. The molecule has 0 spiro atoms.